The Morgan fingerprint density at radius 2 is 1.54 bits per heavy atom. The third kappa shape index (κ3) is 8.97. The van der Waals surface area contributed by atoms with Crippen LogP contribution in [0.15, 0.2) is 30.6 Å². The van der Waals surface area contributed by atoms with Crippen molar-refractivity contribution in [3.8, 4) is 0 Å². The molecular weight excluding hydrogens is 459 g/mol. The average molecular weight is 513 g/mol. The molecule has 0 bridgehead atoms. The van der Waals surface area contributed by atoms with Crippen molar-refractivity contribution in [2.75, 3.05) is 36.0 Å². The van der Waals surface area contributed by atoms with Crippen molar-refractivity contribution in [1.29, 1.82) is 0 Å². The number of aryl methyl sites for hydroxylation is 1. The molecule has 2 unspecified atom stereocenters. The maximum Gasteiger partial charge on any atom is 0.225 e. The molecule has 5 heteroatoms. The number of aromatic nitrogens is 2. The zero-order valence-corrected chi connectivity index (χ0v) is 24.9. The zero-order chi connectivity index (χ0) is 27.4. The Kier molecular flexibility index (Phi) is 13.4. The predicted octanol–water partition coefficient (Wildman–Crippen LogP) is 8.51. The fraction of sp³-hybridized carbons (Fsp3) is 0.688. The van der Waals surface area contributed by atoms with Crippen molar-refractivity contribution in [3.05, 3.63) is 47.5 Å². The van der Waals surface area contributed by atoms with Gasteiger partial charge in [-0.2, -0.15) is 0 Å². The molecule has 2 atom stereocenters. The Hall–Kier alpha value is -2.17. The Labute approximate surface area is 227 Å². The highest BCUT2D eigenvalue weighted by Gasteiger charge is 2.26. The molecule has 2 fully saturated rings. The Balaban J connectivity index is 0.000000244. The van der Waals surface area contributed by atoms with E-state index in [1.807, 2.05) is 46.2 Å². The lowest BCUT2D eigenvalue weighted by Crippen LogP contribution is -2.40. The molecule has 3 heterocycles. The summed E-state index contributed by atoms with van der Waals surface area (Å²) in [6.07, 6.45) is 11.2. The van der Waals surface area contributed by atoms with Crippen LogP contribution in [0.5, 0.6) is 0 Å². The summed E-state index contributed by atoms with van der Waals surface area (Å²) in [5, 5.41) is 0. The van der Waals surface area contributed by atoms with Gasteiger partial charge in [-0.25, -0.2) is 14.4 Å². The molecule has 1 aromatic carbocycles. The van der Waals surface area contributed by atoms with Crippen LogP contribution in [0.25, 0.3) is 0 Å². The van der Waals surface area contributed by atoms with Crippen molar-refractivity contribution >= 4 is 11.6 Å². The summed E-state index contributed by atoms with van der Waals surface area (Å²) in [7, 11) is 0. The maximum atomic E-state index is 14.0. The number of benzene rings is 1. The van der Waals surface area contributed by atoms with E-state index in [4.69, 9.17) is 0 Å². The van der Waals surface area contributed by atoms with E-state index in [2.05, 4.69) is 53.5 Å². The van der Waals surface area contributed by atoms with Gasteiger partial charge in [0.2, 0.25) is 5.95 Å². The van der Waals surface area contributed by atoms with Crippen LogP contribution in [0.3, 0.4) is 0 Å². The number of nitrogens with zero attached hydrogens (tertiary/aromatic N) is 4. The summed E-state index contributed by atoms with van der Waals surface area (Å²) in [6, 6.07) is 5.73. The molecule has 0 spiro atoms. The molecule has 2 aromatic rings. The standard InChI is InChI=1S/C16H24FN.C14H23N3.C2H6/c1-4-13-7-9-18(10-8-13)14-5-6-15(12(2)3)16(17)11-14;1-4-12-8-15-14(16-9-12)17-7-6-13(5-2)11(3)10-17;1-2/h5-6,11-13H,4,7-10H2,1-3H3;8-9,11,13H,4-7,10H2,1-3H3;1-2H3. The van der Waals surface area contributed by atoms with Gasteiger partial charge in [0.05, 0.1) is 0 Å². The quantitative estimate of drug-likeness (QED) is 0.388. The predicted molar refractivity (Wildman–Crippen MR) is 158 cm³/mol. The smallest absolute Gasteiger partial charge is 0.225 e. The SMILES string of the molecule is CC.CCC1CCN(c2ccc(C(C)C)c(F)c2)CC1.CCc1cnc(N2CCC(CC)C(C)C2)nc1. The van der Waals surface area contributed by atoms with Crippen LogP contribution >= 0.6 is 0 Å². The monoisotopic (exact) mass is 512 g/mol. The molecule has 208 valence electrons. The van der Waals surface area contributed by atoms with E-state index in [-0.39, 0.29) is 11.7 Å². The van der Waals surface area contributed by atoms with Crippen LogP contribution in [-0.4, -0.2) is 36.1 Å². The van der Waals surface area contributed by atoms with E-state index in [9.17, 15) is 4.39 Å². The summed E-state index contributed by atoms with van der Waals surface area (Å²) < 4.78 is 14.0. The van der Waals surface area contributed by atoms with Crippen LogP contribution < -0.4 is 9.80 Å². The number of hydrogen-bond acceptors (Lipinski definition) is 4. The zero-order valence-electron chi connectivity index (χ0n) is 24.9. The Bertz CT molecular complexity index is 890. The molecule has 2 aliphatic heterocycles. The second-order valence-electron chi connectivity index (χ2n) is 10.8. The number of halogens is 1. The van der Waals surface area contributed by atoms with Crippen LogP contribution in [0.4, 0.5) is 16.0 Å². The summed E-state index contributed by atoms with van der Waals surface area (Å²) in [5.74, 6) is 3.60. The second kappa shape index (κ2) is 15.9. The minimum atomic E-state index is -0.0554. The van der Waals surface area contributed by atoms with Gasteiger partial charge in [-0.3, -0.25) is 0 Å². The van der Waals surface area contributed by atoms with Crippen molar-refractivity contribution in [1.82, 2.24) is 9.97 Å². The lowest BCUT2D eigenvalue weighted by molar-refractivity contribution is 0.289. The third-order valence-electron chi connectivity index (χ3n) is 8.15. The first-order chi connectivity index (χ1) is 17.9. The van der Waals surface area contributed by atoms with Gasteiger partial charge in [0.15, 0.2) is 0 Å². The van der Waals surface area contributed by atoms with Gasteiger partial charge in [-0.1, -0.05) is 74.3 Å². The largest absolute Gasteiger partial charge is 0.371 e. The molecule has 4 rings (SSSR count). The molecule has 0 aliphatic carbocycles. The van der Waals surface area contributed by atoms with E-state index in [1.54, 1.807) is 6.07 Å². The second-order valence-corrected chi connectivity index (χ2v) is 10.8. The van der Waals surface area contributed by atoms with E-state index in [0.717, 1.165) is 67.6 Å². The number of hydrogen-bond donors (Lipinski definition) is 0. The number of anilines is 2. The van der Waals surface area contributed by atoms with Crippen LogP contribution in [-0.2, 0) is 6.42 Å². The molecule has 2 saturated heterocycles. The molecular formula is C32H53FN4. The van der Waals surface area contributed by atoms with E-state index < -0.39 is 0 Å². The molecule has 0 amide bonds. The minimum Gasteiger partial charge on any atom is -0.371 e. The van der Waals surface area contributed by atoms with Gasteiger partial charge in [0.25, 0.3) is 0 Å². The highest BCUT2D eigenvalue weighted by atomic mass is 19.1. The molecule has 1 aromatic heterocycles. The molecule has 0 radical (unpaired) electrons. The molecule has 0 N–H and O–H groups in total. The van der Waals surface area contributed by atoms with E-state index >= 15 is 0 Å². The Morgan fingerprint density at radius 3 is 2.03 bits per heavy atom. The third-order valence-corrected chi connectivity index (χ3v) is 8.15. The van der Waals surface area contributed by atoms with Gasteiger partial charge in [0.1, 0.15) is 5.82 Å². The van der Waals surface area contributed by atoms with Crippen molar-refractivity contribution in [3.63, 3.8) is 0 Å². The van der Waals surface area contributed by atoms with Crippen molar-refractivity contribution < 1.29 is 4.39 Å². The van der Waals surface area contributed by atoms with Crippen LogP contribution in [0, 0.1) is 23.6 Å². The van der Waals surface area contributed by atoms with Crippen LogP contribution in [0.1, 0.15) is 105 Å². The van der Waals surface area contributed by atoms with Crippen molar-refractivity contribution in [2.24, 2.45) is 17.8 Å². The highest BCUT2D eigenvalue weighted by molar-refractivity contribution is 5.49. The first-order valence-electron chi connectivity index (χ1n) is 15.0. The Morgan fingerprint density at radius 1 is 0.919 bits per heavy atom. The topological polar surface area (TPSA) is 32.3 Å². The summed E-state index contributed by atoms with van der Waals surface area (Å²) in [6.45, 7) is 21.4. The molecule has 37 heavy (non-hydrogen) atoms. The minimum absolute atomic E-state index is 0.0554. The summed E-state index contributed by atoms with van der Waals surface area (Å²) in [5.41, 5.74) is 3.08. The lowest BCUT2D eigenvalue weighted by atomic mass is 9.85. The van der Waals surface area contributed by atoms with Gasteiger partial charge in [-0.15, -0.1) is 0 Å². The normalized spacial score (nSPS) is 20.2. The first kappa shape index (κ1) is 31.1. The van der Waals surface area contributed by atoms with Gasteiger partial charge < -0.3 is 9.80 Å². The summed E-state index contributed by atoms with van der Waals surface area (Å²) in [4.78, 5) is 13.6. The maximum absolute atomic E-state index is 14.0. The first-order valence-corrected chi connectivity index (χ1v) is 15.0. The highest BCUT2D eigenvalue weighted by Crippen LogP contribution is 2.29. The average Bonchev–Trinajstić information content (AvgIpc) is 2.94. The molecule has 4 nitrogen and oxygen atoms in total. The lowest BCUT2D eigenvalue weighted by Gasteiger charge is -2.36. The fourth-order valence-electron chi connectivity index (χ4n) is 5.46. The molecule has 0 saturated carbocycles. The van der Waals surface area contributed by atoms with Crippen LogP contribution in [0.2, 0.25) is 0 Å². The fourth-order valence-corrected chi connectivity index (χ4v) is 5.46. The van der Waals surface area contributed by atoms with E-state index in [1.165, 1.54) is 37.7 Å². The van der Waals surface area contributed by atoms with Gasteiger partial charge in [-0.05, 0) is 72.6 Å². The van der Waals surface area contributed by atoms with Gasteiger partial charge in [0, 0.05) is 44.3 Å². The summed E-state index contributed by atoms with van der Waals surface area (Å²) >= 11 is 0. The van der Waals surface area contributed by atoms with Gasteiger partial charge >= 0.3 is 0 Å². The van der Waals surface area contributed by atoms with E-state index in [0.29, 0.717) is 0 Å². The number of rotatable bonds is 6. The molecule has 2 aliphatic rings. The number of piperidine rings is 2. The van der Waals surface area contributed by atoms with Crippen molar-refractivity contribution in [2.45, 2.75) is 99.8 Å².